The van der Waals surface area contributed by atoms with Gasteiger partial charge in [0.15, 0.2) is 0 Å². The number of hydrogen-bond donors (Lipinski definition) is 2. The van der Waals surface area contributed by atoms with Crippen molar-refractivity contribution in [2.45, 2.75) is 38.0 Å². The summed E-state index contributed by atoms with van der Waals surface area (Å²) in [6.07, 6.45) is 1.25. The molecule has 9 nitrogen and oxygen atoms in total. The number of aliphatic hydroxyl groups excluding tert-OH is 1. The lowest BCUT2D eigenvalue weighted by atomic mass is 10.0. The number of nitrogens with zero attached hydrogens (tertiary/aromatic N) is 3. The number of carbonyl (C=O) groups excluding carboxylic acids is 3. The van der Waals surface area contributed by atoms with Crippen LogP contribution in [-0.2, 0) is 20.9 Å². The largest absolute Gasteiger partial charge is 0.445 e. The lowest BCUT2D eigenvalue weighted by molar-refractivity contribution is -0.142. The highest BCUT2D eigenvalue weighted by Gasteiger charge is 2.44. The van der Waals surface area contributed by atoms with E-state index in [1.165, 1.54) is 4.90 Å². The molecule has 0 bridgehead atoms. The number of likely N-dealkylation sites (tertiary alicyclic amines) is 3. The van der Waals surface area contributed by atoms with Crippen molar-refractivity contribution in [1.29, 1.82) is 0 Å². The Morgan fingerprint density at radius 3 is 2.28 bits per heavy atom. The summed E-state index contributed by atoms with van der Waals surface area (Å²) in [6, 6.07) is 2.84. The smallest absolute Gasteiger partial charge is 0.410 e. The second-order valence-electron chi connectivity index (χ2n) is 10.6. The molecule has 2 N–H and O–H groups in total. The van der Waals surface area contributed by atoms with E-state index in [1.54, 1.807) is 4.90 Å². The third-order valence-electron chi connectivity index (χ3n) is 7.85. The third-order valence-corrected chi connectivity index (χ3v) is 7.85. The van der Waals surface area contributed by atoms with Crippen molar-refractivity contribution in [3.8, 4) is 0 Å². The number of hydrogen-bond acceptors (Lipinski definition) is 6. The SMILES string of the molecule is O=C(N[C@@H]1CCN(C(=O)OCc2cc(F)cc(F)c2)C1)C1CC2CN(CC(=O)N3CC(O)C3)CC2C1. The van der Waals surface area contributed by atoms with Gasteiger partial charge in [0.05, 0.1) is 12.6 Å². The first-order valence-corrected chi connectivity index (χ1v) is 12.6. The predicted octanol–water partition coefficient (Wildman–Crippen LogP) is 0.953. The summed E-state index contributed by atoms with van der Waals surface area (Å²) in [7, 11) is 0. The number of benzene rings is 1. The van der Waals surface area contributed by atoms with E-state index in [1.807, 2.05) is 0 Å². The van der Waals surface area contributed by atoms with Gasteiger partial charge in [-0.15, -0.1) is 0 Å². The minimum absolute atomic E-state index is 0.0112. The zero-order valence-electron chi connectivity index (χ0n) is 20.1. The number of β-amino-alcohol motifs (C(OH)–C–C–N with tert-alkyl or cyclic N) is 1. The van der Waals surface area contributed by atoms with Crippen LogP contribution >= 0.6 is 0 Å². The summed E-state index contributed by atoms with van der Waals surface area (Å²) >= 11 is 0. The van der Waals surface area contributed by atoms with Crippen LogP contribution in [0.1, 0.15) is 24.8 Å². The number of nitrogens with one attached hydrogen (secondary N) is 1. The van der Waals surface area contributed by atoms with Crippen LogP contribution in [0.4, 0.5) is 13.6 Å². The number of fused-ring (bicyclic) bond motifs is 1. The summed E-state index contributed by atoms with van der Waals surface area (Å²) in [6.45, 7) is 3.39. The molecule has 1 aromatic carbocycles. The number of amides is 3. The Kier molecular flexibility index (Phi) is 7.11. The third kappa shape index (κ3) is 5.62. The van der Waals surface area contributed by atoms with Gasteiger partial charge in [-0.2, -0.15) is 0 Å². The normalized spacial score (nSPS) is 28.2. The molecule has 5 rings (SSSR count). The Labute approximate surface area is 208 Å². The van der Waals surface area contributed by atoms with Crippen LogP contribution in [0.2, 0.25) is 0 Å². The second-order valence-corrected chi connectivity index (χ2v) is 10.6. The molecule has 0 aromatic heterocycles. The van der Waals surface area contributed by atoms with Gasteiger partial charge in [0.1, 0.15) is 18.2 Å². The van der Waals surface area contributed by atoms with Crippen molar-refractivity contribution in [2.24, 2.45) is 17.8 Å². The van der Waals surface area contributed by atoms with Gasteiger partial charge >= 0.3 is 6.09 Å². The van der Waals surface area contributed by atoms with Gasteiger partial charge in [0, 0.05) is 57.3 Å². The Balaban J connectivity index is 1.02. The van der Waals surface area contributed by atoms with Crippen LogP contribution in [0.5, 0.6) is 0 Å². The fourth-order valence-electron chi connectivity index (χ4n) is 5.98. The van der Waals surface area contributed by atoms with E-state index in [0.29, 0.717) is 51.0 Å². The minimum atomic E-state index is -0.727. The molecule has 3 aliphatic heterocycles. The van der Waals surface area contributed by atoms with Crippen LogP contribution in [-0.4, -0.2) is 95.7 Å². The average Bonchev–Trinajstić information content (AvgIpc) is 3.50. The number of aliphatic hydroxyl groups is 1. The summed E-state index contributed by atoms with van der Waals surface area (Å²) < 4.78 is 31.8. The molecule has 0 spiro atoms. The van der Waals surface area contributed by atoms with Crippen molar-refractivity contribution in [3.05, 3.63) is 35.4 Å². The summed E-state index contributed by atoms with van der Waals surface area (Å²) in [4.78, 5) is 42.9. The van der Waals surface area contributed by atoms with Crippen molar-refractivity contribution in [3.63, 3.8) is 0 Å². The van der Waals surface area contributed by atoms with E-state index in [4.69, 9.17) is 4.74 Å². The van der Waals surface area contributed by atoms with Gasteiger partial charge in [0.2, 0.25) is 11.8 Å². The molecule has 3 saturated heterocycles. The molecule has 4 fully saturated rings. The monoisotopic (exact) mass is 506 g/mol. The van der Waals surface area contributed by atoms with Crippen LogP contribution < -0.4 is 5.32 Å². The fraction of sp³-hybridized carbons (Fsp3) is 0.640. The summed E-state index contributed by atoms with van der Waals surface area (Å²) in [5, 5.41) is 12.4. The van der Waals surface area contributed by atoms with E-state index in [9.17, 15) is 28.3 Å². The maximum absolute atomic E-state index is 13.3. The molecule has 0 radical (unpaired) electrons. The molecule has 1 aliphatic carbocycles. The molecule has 3 heterocycles. The van der Waals surface area contributed by atoms with Gasteiger partial charge in [-0.1, -0.05) is 0 Å². The predicted molar refractivity (Wildman–Crippen MR) is 123 cm³/mol. The first kappa shape index (κ1) is 24.9. The Hall–Kier alpha value is -2.79. The van der Waals surface area contributed by atoms with Crippen molar-refractivity contribution < 1.29 is 33.0 Å². The van der Waals surface area contributed by atoms with E-state index >= 15 is 0 Å². The molecule has 3 amide bonds. The van der Waals surface area contributed by atoms with Gasteiger partial charge in [0.25, 0.3) is 0 Å². The number of rotatable bonds is 6. The van der Waals surface area contributed by atoms with Crippen molar-refractivity contribution in [2.75, 3.05) is 45.8 Å². The van der Waals surface area contributed by atoms with Crippen LogP contribution in [0.25, 0.3) is 0 Å². The quantitative estimate of drug-likeness (QED) is 0.596. The van der Waals surface area contributed by atoms with Crippen LogP contribution in [0, 0.1) is 29.4 Å². The summed E-state index contributed by atoms with van der Waals surface area (Å²) in [5.74, 6) is -0.646. The highest BCUT2D eigenvalue weighted by atomic mass is 19.1. The Bertz CT molecular complexity index is 986. The second kappa shape index (κ2) is 10.3. The molecule has 2 unspecified atom stereocenters. The Morgan fingerprint density at radius 1 is 0.972 bits per heavy atom. The molecule has 196 valence electrons. The molecule has 4 aliphatic rings. The van der Waals surface area contributed by atoms with Gasteiger partial charge in [-0.25, -0.2) is 13.6 Å². The van der Waals surface area contributed by atoms with Gasteiger partial charge < -0.3 is 25.0 Å². The molecule has 1 saturated carbocycles. The molecule has 36 heavy (non-hydrogen) atoms. The maximum atomic E-state index is 13.3. The van der Waals surface area contributed by atoms with Gasteiger partial charge in [-0.3, -0.25) is 14.5 Å². The number of halogens is 2. The van der Waals surface area contributed by atoms with E-state index in [-0.39, 0.29) is 35.9 Å². The first-order chi connectivity index (χ1) is 17.2. The average molecular weight is 507 g/mol. The first-order valence-electron chi connectivity index (χ1n) is 12.6. The number of carbonyl (C=O) groups is 3. The highest BCUT2D eigenvalue weighted by Crippen LogP contribution is 2.41. The highest BCUT2D eigenvalue weighted by molar-refractivity contribution is 5.80. The lowest BCUT2D eigenvalue weighted by Gasteiger charge is -2.36. The van der Waals surface area contributed by atoms with E-state index < -0.39 is 23.8 Å². The fourth-order valence-corrected chi connectivity index (χ4v) is 5.98. The molecule has 3 atom stereocenters. The molecule has 1 aromatic rings. The molecule has 11 heteroatoms. The zero-order valence-corrected chi connectivity index (χ0v) is 20.1. The van der Waals surface area contributed by atoms with Crippen molar-refractivity contribution >= 4 is 17.9 Å². The Morgan fingerprint density at radius 2 is 1.64 bits per heavy atom. The lowest BCUT2D eigenvalue weighted by Crippen LogP contribution is -2.55. The van der Waals surface area contributed by atoms with Crippen LogP contribution in [0.3, 0.4) is 0 Å². The minimum Gasteiger partial charge on any atom is -0.445 e. The van der Waals surface area contributed by atoms with Gasteiger partial charge in [-0.05, 0) is 48.8 Å². The zero-order chi connectivity index (χ0) is 25.4. The van der Waals surface area contributed by atoms with Crippen LogP contribution in [0.15, 0.2) is 18.2 Å². The van der Waals surface area contributed by atoms with Crippen molar-refractivity contribution in [1.82, 2.24) is 20.0 Å². The number of ether oxygens (including phenoxy) is 1. The van der Waals surface area contributed by atoms with E-state index in [2.05, 4.69) is 10.2 Å². The topological polar surface area (TPSA) is 102 Å². The molecular formula is C25H32F2N4O5. The maximum Gasteiger partial charge on any atom is 0.410 e. The summed E-state index contributed by atoms with van der Waals surface area (Å²) in [5.41, 5.74) is 0.235. The molecular weight excluding hydrogens is 474 g/mol. The standard InChI is InChI=1S/C25H32F2N4O5/c26-19-3-15(4-20(27)7-19)14-36-25(35)30-2-1-21(10-30)28-24(34)16-5-17-8-29(9-18(17)6-16)13-23(33)31-11-22(32)12-31/h3-4,7,16-18,21-22,32H,1-2,5-6,8-14H2,(H,28,34)/t16?,17?,18?,21-/m1/s1. The van der Waals surface area contributed by atoms with E-state index in [0.717, 1.165) is 44.1 Å².